The van der Waals surface area contributed by atoms with E-state index in [1.807, 2.05) is 6.92 Å². The smallest absolute Gasteiger partial charge is 0.216 e. The molecule has 2 atom stereocenters. The van der Waals surface area contributed by atoms with Crippen molar-refractivity contribution in [2.45, 2.75) is 53.1 Å². The summed E-state index contributed by atoms with van der Waals surface area (Å²) in [5.74, 6) is 0.696. The normalized spacial score (nSPS) is 13.1. The summed E-state index contributed by atoms with van der Waals surface area (Å²) in [6.07, 6.45) is 4.76. The highest BCUT2D eigenvalue weighted by Crippen LogP contribution is 2.22. The molecule has 1 heterocycles. The second kappa shape index (κ2) is 10.0. The third kappa shape index (κ3) is 7.82. The summed E-state index contributed by atoms with van der Waals surface area (Å²) in [4.78, 5) is 3.75. The molecule has 0 N–H and O–H groups in total. The van der Waals surface area contributed by atoms with Crippen LogP contribution in [0.1, 0.15) is 47.0 Å². The van der Waals surface area contributed by atoms with E-state index in [1.165, 1.54) is 11.6 Å². The molecule has 2 unspecified atom stereocenters. The van der Waals surface area contributed by atoms with Crippen LogP contribution in [0, 0.1) is 11.9 Å². The summed E-state index contributed by atoms with van der Waals surface area (Å²) < 4.78 is 24.5. The minimum atomic E-state index is -0.556. The molecule has 0 aliphatic carbocycles. The molecule has 0 aliphatic rings. The van der Waals surface area contributed by atoms with Crippen molar-refractivity contribution in [3.8, 4) is 5.88 Å². The van der Waals surface area contributed by atoms with Gasteiger partial charge in [0.1, 0.15) is 5.76 Å². The molecule has 4 heteroatoms. The molecule has 0 spiro atoms. The molecule has 0 radical (unpaired) electrons. The van der Waals surface area contributed by atoms with E-state index in [0.29, 0.717) is 18.3 Å². The van der Waals surface area contributed by atoms with E-state index in [9.17, 15) is 4.39 Å². The lowest BCUT2D eigenvalue weighted by Crippen LogP contribution is -2.24. The SMILES string of the molecule is C=C(OCC)C(CC(C)CCC=C(C)C)Oc1cccc(F)n1. The van der Waals surface area contributed by atoms with Crippen LogP contribution in [0.3, 0.4) is 0 Å². The van der Waals surface area contributed by atoms with Gasteiger partial charge < -0.3 is 9.47 Å². The maximum Gasteiger partial charge on any atom is 0.216 e. The van der Waals surface area contributed by atoms with Crippen LogP contribution in [0.5, 0.6) is 5.88 Å². The predicted molar refractivity (Wildman–Crippen MR) is 91.8 cm³/mol. The van der Waals surface area contributed by atoms with Gasteiger partial charge in [0.05, 0.1) is 6.61 Å². The standard InChI is InChI=1S/C19H28FNO2/c1-6-22-16(5)17(13-15(4)10-7-9-14(2)3)23-19-12-8-11-18(20)21-19/h8-9,11-12,15,17H,5-7,10,13H2,1-4H3. The zero-order valence-corrected chi connectivity index (χ0v) is 14.6. The molecule has 0 aromatic carbocycles. The summed E-state index contributed by atoms with van der Waals surface area (Å²) >= 11 is 0. The van der Waals surface area contributed by atoms with Crippen molar-refractivity contribution >= 4 is 0 Å². The number of nitrogens with zero attached hydrogens (tertiary/aromatic N) is 1. The summed E-state index contributed by atoms with van der Waals surface area (Å²) in [5, 5.41) is 0. The molecule has 3 nitrogen and oxygen atoms in total. The molecule has 0 fully saturated rings. The van der Waals surface area contributed by atoms with Crippen molar-refractivity contribution < 1.29 is 13.9 Å². The zero-order chi connectivity index (χ0) is 17.2. The number of rotatable bonds is 10. The van der Waals surface area contributed by atoms with Crippen molar-refractivity contribution in [1.29, 1.82) is 0 Å². The maximum absolute atomic E-state index is 13.2. The third-order valence-corrected chi connectivity index (χ3v) is 3.47. The van der Waals surface area contributed by atoms with Gasteiger partial charge in [-0.3, -0.25) is 0 Å². The largest absolute Gasteiger partial charge is 0.495 e. The second-order valence-corrected chi connectivity index (χ2v) is 6.00. The van der Waals surface area contributed by atoms with Crippen LogP contribution in [0.2, 0.25) is 0 Å². The fourth-order valence-electron chi connectivity index (χ4n) is 2.26. The van der Waals surface area contributed by atoms with Crippen molar-refractivity contribution in [3.05, 3.63) is 48.1 Å². The lowest BCUT2D eigenvalue weighted by molar-refractivity contribution is 0.104. The highest BCUT2D eigenvalue weighted by molar-refractivity contribution is 5.12. The molecular weight excluding hydrogens is 293 g/mol. The number of hydrogen-bond acceptors (Lipinski definition) is 3. The molecule has 23 heavy (non-hydrogen) atoms. The Balaban J connectivity index is 2.68. The van der Waals surface area contributed by atoms with Gasteiger partial charge in [-0.2, -0.15) is 9.37 Å². The molecule has 1 aromatic rings. The zero-order valence-electron chi connectivity index (χ0n) is 14.6. The maximum atomic E-state index is 13.2. The molecule has 0 saturated carbocycles. The fraction of sp³-hybridized carbons (Fsp3) is 0.526. The number of aromatic nitrogens is 1. The van der Waals surface area contributed by atoms with Gasteiger partial charge in [-0.1, -0.05) is 31.2 Å². The molecule has 0 bridgehead atoms. The molecular formula is C19H28FNO2. The van der Waals surface area contributed by atoms with Gasteiger partial charge >= 0.3 is 0 Å². The first-order valence-electron chi connectivity index (χ1n) is 8.16. The van der Waals surface area contributed by atoms with Gasteiger partial charge in [-0.05, 0) is 52.0 Å². The Labute approximate surface area is 139 Å². The average Bonchev–Trinajstić information content (AvgIpc) is 2.46. The molecule has 0 aliphatic heterocycles. The van der Waals surface area contributed by atoms with E-state index in [4.69, 9.17) is 9.47 Å². The van der Waals surface area contributed by atoms with E-state index in [0.717, 1.165) is 19.3 Å². The minimum Gasteiger partial charge on any atom is -0.495 e. The Morgan fingerprint density at radius 3 is 2.74 bits per heavy atom. The Kier molecular flexibility index (Phi) is 8.38. The van der Waals surface area contributed by atoms with Gasteiger partial charge in [-0.25, -0.2) is 0 Å². The Hall–Kier alpha value is -1.84. The third-order valence-electron chi connectivity index (χ3n) is 3.47. The van der Waals surface area contributed by atoms with Crippen LogP contribution in [-0.2, 0) is 4.74 Å². The molecule has 0 amide bonds. The van der Waals surface area contributed by atoms with Crippen LogP contribution in [-0.4, -0.2) is 17.7 Å². The lowest BCUT2D eigenvalue weighted by Gasteiger charge is -2.23. The fourth-order valence-corrected chi connectivity index (χ4v) is 2.26. The molecule has 128 valence electrons. The van der Waals surface area contributed by atoms with Crippen molar-refractivity contribution in [1.82, 2.24) is 4.98 Å². The van der Waals surface area contributed by atoms with Crippen LogP contribution < -0.4 is 4.74 Å². The van der Waals surface area contributed by atoms with Crippen molar-refractivity contribution in [3.63, 3.8) is 0 Å². The summed E-state index contributed by atoms with van der Waals surface area (Å²) in [5.41, 5.74) is 1.33. The quantitative estimate of drug-likeness (QED) is 0.333. The Morgan fingerprint density at radius 2 is 2.13 bits per heavy atom. The number of ether oxygens (including phenoxy) is 2. The van der Waals surface area contributed by atoms with E-state index in [-0.39, 0.29) is 12.0 Å². The van der Waals surface area contributed by atoms with Gasteiger partial charge in [0.15, 0.2) is 6.10 Å². The first-order valence-corrected chi connectivity index (χ1v) is 8.16. The molecule has 1 rings (SSSR count). The van der Waals surface area contributed by atoms with Gasteiger partial charge in [0, 0.05) is 6.07 Å². The second-order valence-electron chi connectivity index (χ2n) is 6.00. The highest BCUT2D eigenvalue weighted by Gasteiger charge is 2.20. The summed E-state index contributed by atoms with van der Waals surface area (Å²) in [7, 11) is 0. The first-order chi connectivity index (χ1) is 10.9. The van der Waals surface area contributed by atoms with E-state index < -0.39 is 5.95 Å². The van der Waals surface area contributed by atoms with Crippen LogP contribution in [0.15, 0.2) is 42.2 Å². The Morgan fingerprint density at radius 1 is 1.39 bits per heavy atom. The van der Waals surface area contributed by atoms with Gasteiger partial charge in [-0.15, -0.1) is 0 Å². The predicted octanol–water partition coefficient (Wildman–Crippen LogP) is 5.29. The minimum absolute atomic E-state index is 0.257. The Bertz CT molecular complexity index is 524. The molecule has 0 saturated heterocycles. The van der Waals surface area contributed by atoms with Crippen LogP contribution in [0.25, 0.3) is 0 Å². The lowest BCUT2D eigenvalue weighted by atomic mass is 9.97. The van der Waals surface area contributed by atoms with Crippen molar-refractivity contribution in [2.24, 2.45) is 5.92 Å². The van der Waals surface area contributed by atoms with Gasteiger partial charge in [0.25, 0.3) is 0 Å². The van der Waals surface area contributed by atoms with Crippen LogP contribution >= 0.6 is 0 Å². The summed E-state index contributed by atoms with van der Waals surface area (Å²) in [6.45, 7) is 12.8. The first kappa shape index (κ1) is 19.2. The van der Waals surface area contributed by atoms with Gasteiger partial charge in [0.2, 0.25) is 11.8 Å². The summed E-state index contributed by atoms with van der Waals surface area (Å²) in [6, 6.07) is 4.51. The van der Waals surface area contributed by atoms with Crippen LogP contribution in [0.4, 0.5) is 4.39 Å². The monoisotopic (exact) mass is 321 g/mol. The topological polar surface area (TPSA) is 31.4 Å². The van der Waals surface area contributed by atoms with E-state index in [1.54, 1.807) is 12.1 Å². The number of halogens is 1. The highest BCUT2D eigenvalue weighted by atomic mass is 19.1. The molecule has 1 aromatic heterocycles. The van der Waals surface area contributed by atoms with E-state index in [2.05, 4.69) is 38.4 Å². The number of hydrogen-bond donors (Lipinski definition) is 0. The number of pyridine rings is 1. The van der Waals surface area contributed by atoms with E-state index >= 15 is 0 Å². The number of allylic oxidation sites excluding steroid dienone is 2. The average molecular weight is 321 g/mol. The van der Waals surface area contributed by atoms with Crippen molar-refractivity contribution in [2.75, 3.05) is 6.61 Å².